The van der Waals surface area contributed by atoms with E-state index in [1.165, 1.54) is 23.1 Å². The van der Waals surface area contributed by atoms with Crippen molar-refractivity contribution in [2.24, 2.45) is 0 Å². The fourth-order valence-electron chi connectivity index (χ4n) is 5.00. The van der Waals surface area contributed by atoms with Crippen molar-refractivity contribution in [2.75, 3.05) is 18.9 Å². The van der Waals surface area contributed by atoms with Gasteiger partial charge in [-0.15, -0.1) is 0 Å². The lowest BCUT2D eigenvalue weighted by atomic mass is 10.0. The molecule has 1 saturated heterocycles. The maximum atomic E-state index is 14.0. The van der Waals surface area contributed by atoms with Gasteiger partial charge in [0, 0.05) is 18.3 Å². The molecule has 1 atom stereocenters. The predicted molar refractivity (Wildman–Crippen MR) is 162 cm³/mol. The van der Waals surface area contributed by atoms with E-state index in [-0.39, 0.29) is 23.3 Å². The van der Waals surface area contributed by atoms with Gasteiger partial charge in [0.1, 0.15) is 10.4 Å². The number of hydrogen-bond acceptors (Lipinski definition) is 7. The molecule has 10 heteroatoms. The molecule has 0 bridgehead atoms. The molecule has 4 aromatic rings. The first-order valence-corrected chi connectivity index (χ1v) is 15.5. The molecule has 1 aliphatic rings. The number of likely N-dealkylation sites (tertiary alicyclic amines) is 1. The number of thiazole rings is 1. The van der Waals surface area contributed by atoms with Crippen LogP contribution in [0.4, 0.5) is 0 Å². The molecule has 7 nitrogen and oxygen atoms in total. The lowest BCUT2D eigenvalue weighted by Gasteiger charge is -2.35. The Kier molecular flexibility index (Phi) is 8.54. The fraction of sp³-hybridized carbons (Fsp3) is 0.379. The van der Waals surface area contributed by atoms with Crippen LogP contribution in [0.3, 0.4) is 0 Å². The first kappa shape index (κ1) is 27.6. The van der Waals surface area contributed by atoms with Crippen LogP contribution in [0.5, 0.6) is 5.75 Å². The van der Waals surface area contributed by atoms with Gasteiger partial charge in [-0.1, -0.05) is 47.7 Å². The molecule has 204 valence electrons. The molecule has 1 fully saturated rings. The fourth-order valence-corrected chi connectivity index (χ4v) is 7.20. The molecule has 0 unspecified atom stereocenters. The number of thioether (sulfide) groups is 1. The second-order valence-electron chi connectivity index (χ2n) is 9.59. The maximum Gasteiger partial charge on any atom is 0.278 e. The SMILES string of the molecule is CCOc1ccc(-n2c(=S)sc3c(=O)n(-c4ccc(C)cc4)c(SCC(=O)N4CCCC[C@H]4CC)nc32)cc1. The number of fused-ring (bicyclic) bond motifs is 1. The van der Waals surface area contributed by atoms with Crippen molar-refractivity contribution in [3.05, 3.63) is 68.4 Å². The molecule has 3 heterocycles. The van der Waals surface area contributed by atoms with E-state index >= 15 is 0 Å². The highest BCUT2D eigenvalue weighted by molar-refractivity contribution is 7.99. The number of aryl methyl sites for hydroxylation is 1. The van der Waals surface area contributed by atoms with Crippen LogP contribution in [0, 0.1) is 10.9 Å². The minimum atomic E-state index is -0.191. The summed E-state index contributed by atoms with van der Waals surface area (Å²) < 4.78 is 10.0. The molecular formula is C29H32N4O3S3. The minimum Gasteiger partial charge on any atom is -0.494 e. The summed E-state index contributed by atoms with van der Waals surface area (Å²) in [7, 11) is 0. The molecule has 2 aromatic carbocycles. The Morgan fingerprint density at radius 3 is 2.46 bits per heavy atom. The second-order valence-corrected chi connectivity index (χ2v) is 12.2. The van der Waals surface area contributed by atoms with Gasteiger partial charge in [0.2, 0.25) is 5.91 Å². The summed E-state index contributed by atoms with van der Waals surface area (Å²) in [5.41, 5.74) is 2.93. The summed E-state index contributed by atoms with van der Waals surface area (Å²) >= 11 is 8.27. The zero-order valence-electron chi connectivity index (χ0n) is 22.4. The number of nitrogens with zero attached hydrogens (tertiary/aromatic N) is 4. The molecule has 2 aromatic heterocycles. The number of ether oxygens (including phenoxy) is 1. The Bertz CT molecular complexity index is 1590. The van der Waals surface area contributed by atoms with E-state index in [1.54, 1.807) is 4.57 Å². The third-order valence-electron chi connectivity index (χ3n) is 7.02. The smallest absolute Gasteiger partial charge is 0.278 e. The number of rotatable bonds is 8. The number of benzene rings is 2. The Labute approximate surface area is 241 Å². The van der Waals surface area contributed by atoms with E-state index in [1.807, 2.05) is 71.8 Å². The molecule has 5 rings (SSSR count). The van der Waals surface area contributed by atoms with Crippen LogP contribution in [0.1, 0.15) is 45.1 Å². The van der Waals surface area contributed by atoms with E-state index in [0.29, 0.717) is 31.8 Å². The van der Waals surface area contributed by atoms with Gasteiger partial charge >= 0.3 is 0 Å². The number of hydrogen-bond donors (Lipinski definition) is 0. The summed E-state index contributed by atoms with van der Waals surface area (Å²) in [5, 5.41) is 0.474. The quantitative estimate of drug-likeness (QED) is 0.134. The first-order valence-electron chi connectivity index (χ1n) is 13.3. The standard InChI is InChI=1S/C29H32N4O3S3/c1-4-20-8-6-7-17-31(20)24(34)18-38-28-30-26-25(27(35)33(28)22-11-9-19(3)10-12-22)39-29(37)32(26)21-13-15-23(16-14-21)36-5-2/h9-16,20H,4-8,17-18H2,1-3H3/t20-/m1/s1. The van der Waals surface area contributed by atoms with Gasteiger partial charge < -0.3 is 9.64 Å². The molecular weight excluding hydrogens is 549 g/mol. The van der Waals surface area contributed by atoms with Crippen molar-refractivity contribution in [1.29, 1.82) is 0 Å². The van der Waals surface area contributed by atoms with E-state index in [4.69, 9.17) is 21.9 Å². The molecule has 0 radical (unpaired) electrons. The predicted octanol–water partition coefficient (Wildman–Crippen LogP) is 6.56. The Hall–Kier alpha value is -2.95. The Morgan fingerprint density at radius 1 is 1.08 bits per heavy atom. The Balaban J connectivity index is 1.59. The third kappa shape index (κ3) is 5.69. The molecule has 0 aliphatic carbocycles. The van der Waals surface area contributed by atoms with Gasteiger partial charge in [0.15, 0.2) is 14.8 Å². The molecule has 0 spiro atoms. The summed E-state index contributed by atoms with van der Waals surface area (Å²) in [6.45, 7) is 7.45. The van der Waals surface area contributed by atoms with Gasteiger partial charge in [-0.2, -0.15) is 0 Å². The highest BCUT2D eigenvalue weighted by atomic mass is 32.2. The number of aromatic nitrogens is 3. The minimum absolute atomic E-state index is 0.0880. The highest BCUT2D eigenvalue weighted by Crippen LogP contribution is 2.29. The summed E-state index contributed by atoms with van der Waals surface area (Å²) in [4.78, 5) is 34.3. The third-order valence-corrected chi connectivity index (χ3v) is 9.29. The van der Waals surface area contributed by atoms with Crippen LogP contribution >= 0.6 is 35.3 Å². The Morgan fingerprint density at radius 2 is 1.77 bits per heavy atom. The van der Waals surface area contributed by atoms with E-state index in [2.05, 4.69) is 6.92 Å². The van der Waals surface area contributed by atoms with Gasteiger partial charge in [0.05, 0.1) is 18.0 Å². The average molecular weight is 581 g/mol. The number of carbonyl (C=O) groups excluding carboxylic acids is 1. The normalized spacial score (nSPS) is 15.6. The zero-order chi connectivity index (χ0) is 27.5. The van der Waals surface area contributed by atoms with Gasteiger partial charge in [-0.05, 0) is 88.1 Å². The van der Waals surface area contributed by atoms with Crippen molar-refractivity contribution in [3.8, 4) is 17.1 Å². The number of carbonyl (C=O) groups is 1. The van der Waals surface area contributed by atoms with Crippen molar-refractivity contribution in [1.82, 2.24) is 19.0 Å². The van der Waals surface area contributed by atoms with Crippen LogP contribution < -0.4 is 10.3 Å². The summed E-state index contributed by atoms with van der Waals surface area (Å²) in [5.74, 6) is 1.07. The van der Waals surface area contributed by atoms with Crippen LogP contribution in [0.25, 0.3) is 21.7 Å². The number of amides is 1. The van der Waals surface area contributed by atoms with Crippen molar-refractivity contribution >= 4 is 51.6 Å². The molecule has 0 N–H and O–H groups in total. The summed E-state index contributed by atoms with van der Waals surface area (Å²) in [6, 6.07) is 15.6. The monoisotopic (exact) mass is 580 g/mol. The van der Waals surface area contributed by atoms with Crippen LogP contribution in [0.2, 0.25) is 0 Å². The number of piperidine rings is 1. The van der Waals surface area contributed by atoms with Gasteiger partial charge in [-0.25, -0.2) is 4.98 Å². The second kappa shape index (κ2) is 12.1. The van der Waals surface area contributed by atoms with E-state index in [0.717, 1.165) is 49.2 Å². The average Bonchev–Trinajstić information content (AvgIpc) is 3.29. The lowest BCUT2D eigenvalue weighted by molar-refractivity contribution is -0.132. The van der Waals surface area contributed by atoms with Gasteiger partial charge in [0.25, 0.3) is 5.56 Å². The van der Waals surface area contributed by atoms with Crippen molar-refractivity contribution in [3.63, 3.8) is 0 Å². The van der Waals surface area contributed by atoms with Crippen LogP contribution in [0.15, 0.2) is 58.5 Å². The van der Waals surface area contributed by atoms with E-state index in [9.17, 15) is 9.59 Å². The first-order chi connectivity index (χ1) is 18.9. The molecule has 39 heavy (non-hydrogen) atoms. The van der Waals surface area contributed by atoms with E-state index < -0.39 is 0 Å². The molecule has 1 amide bonds. The maximum absolute atomic E-state index is 14.0. The van der Waals surface area contributed by atoms with Crippen molar-refractivity contribution < 1.29 is 9.53 Å². The van der Waals surface area contributed by atoms with Gasteiger partial charge in [-0.3, -0.25) is 18.7 Å². The van der Waals surface area contributed by atoms with Crippen molar-refractivity contribution in [2.45, 2.75) is 57.7 Å². The van der Waals surface area contributed by atoms with Crippen LogP contribution in [-0.4, -0.2) is 49.9 Å². The van der Waals surface area contributed by atoms with Crippen LogP contribution in [-0.2, 0) is 4.79 Å². The highest BCUT2D eigenvalue weighted by Gasteiger charge is 2.26. The molecule has 1 aliphatic heterocycles. The summed E-state index contributed by atoms with van der Waals surface area (Å²) in [6.07, 6.45) is 4.19. The topological polar surface area (TPSA) is 69.4 Å². The zero-order valence-corrected chi connectivity index (χ0v) is 24.8. The largest absolute Gasteiger partial charge is 0.494 e. The lowest BCUT2D eigenvalue weighted by Crippen LogP contribution is -2.44. The molecule has 0 saturated carbocycles.